The Kier molecular flexibility index (Phi) is 4.36. The number of anilines is 1. The van der Waals surface area contributed by atoms with E-state index in [-0.39, 0.29) is 17.7 Å². The Hall–Kier alpha value is -2.47. The third-order valence-electron chi connectivity index (χ3n) is 4.86. The van der Waals surface area contributed by atoms with Gasteiger partial charge in [-0.25, -0.2) is 4.98 Å². The summed E-state index contributed by atoms with van der Waals surface area (Å²) < 4.78 is 1.04. The number of aromatic nitrogens is 1. The zero-order valence-electron chi connectivity index (χ0n) is 14.9. The Labute approximate surface area is 156 Å². The Morgan fingerprint density at radius 3 is 2.77 bits per heavy atom. The molecule has 3 aromatic rings. The van der Waals surface area contributed by atoms with Gasteiger partial charge in [-0.2, -0.15) is 0 Å². The minimum Gasteiger partial charge on any atom is -0.330 e. The number of carbonyl (C=O) groups is 2. The smallest absolute Gasteiger partial charge is 0.249 e. The van der Waals surface area contributed by atoms with Crippen molar-refractivity contribution in [1.29, 1.82) is 0 Å². The largest absolute Gasteiger partial charge is 0.330 e. The molecule has 6 heteroatoms. The molecule has 1 atom stereocenters. The van der Waals surface area contributed by atoms with Crippen LogP contribution in [-0.2, 0) is 9.59 Å². The van der Waals surface area contributed by atoms with Crippen LogP contribution in [0.2, 0.25) is 0 Å². The van der Waals surface area contributed by atoms with Crippen molar-refractivity contribution in [3.63, 3.8) is 0 Å². The third kappa shape index (κ3) is 2.94. The van der Waals surface area contributed by atoms with E-state index in [1.54, 1.807) is 4.90 Å². The lowest BCUT2D eigenvalue weighted by atomic mass is 10.0. The van der Waals surface area contributed by atoms with Crippen LogP contribution in [0.1, 0.15) is 26.7 Å². The van der Waals surface area contributed by atoms with E-state index in [4.69, 9.17) is 0 Å². The zero-order valence-corrected chi connectivity index (χ0v) is 15.7. The minimum atomic E-state index is -0.450. The highest BCUT2D eigenvalue weighted by molar-refractivity contribution is 7.22. The van der Waals surface area contributed by atoms with Gasteiger partial charge in [0.25, 0.3) is 0 Å². The summed E-state index contributed by atoms with van der Waals surface area (Å²) in [6, 6.07) is 11.8. The predicted octanol–water partition coefficient (Wildman–Crippen LogP) is 4.04. The molecule has 1 saturated heterocycles. The van der Waals surface area contributed by atoms with E-state index in [0.29, 0.717) is 18.1 Å². The van der Waals surface area contributed by atoms with E-state index in [1.165, 1.54) is 11.3 Å². The van der Waals surface area contributed by atoms with E-state index in [9.17, 15) is 9.59 Å². The molecule has 1 aromatic heterocycles. The Balaban J connectivity index is 1.64. The van der Waals surface area contributed by atoms with Gasteiger partial charge in [-0.1, -0.05) is 55.5 Å². The summed E-state index contributed by atoms with van der Waals surface area (Å²) in [5.74, 6) is -0.0417. The first-order valence-electron chi connectivity index (χ1n) is 8.93. The molecule has 1 unspecified atom stereocenters. The molecule has 26 heavy (non-hydrogen) atoms. The van der Waals surface area contributed by atoms with Gasteiger partial charge in [0.05, 0.1) is 10.2 Å². The molecule has 0 bridgehead atoms. The molecule has 2 aromatic carbocycles. The van der Waals surface area contributed by atoms with Crippen molar-refractivity contribution in [2.75, 3.05) is 11.9 Å². The van der Waals surface area contributed by atoms with Gasteiger partial charge in [0, 0.05) is 18.4 Å². The number of hydrogen-bond acceptors (Lipinski definition) is 4. The third-order valence-corrected chi connectivity index (χ3v) is 5.80. The van der Waals surface area contributed by atoms with Crippen molar-refractivity contribution in [2.45, 2.75) is 32.7 Å². The molecular weight excluding hydrogens is 346 g/mol. The molecule has 0 spiro atoms. The summed E-state index contributed by atoms with van der Waals surface area (Å²) in [4.78, 5) is 31.3. The molecule has 4 rings (SSSR count). The maximum Gasteiger partial charge on any atom is 0.249 e. The highest BCUT2D eigenvalue weighted by Gasteiger charge is 2.35. The number of amides is 2. The van der Waals surface area contributed by atoms with Crippen LogP contribution in [0.4, 0.5) is 5.13 Å². The lowest BCUT2D eigenvalue weighted by Gasteiger charge is -2.29. The maximum absolute atomic E-state index is 12.9. The molecule has 1 N–H and O–H groups in total. The van der Waals surface area contributed by atoms with E-state index < -0.39 is 6.04 Å². The lowest BCUT2D eigenvalue weighted by Crippen LogP contribution is -2.47. The zero-order chi connectivity index (χ0) is 18.3. The lowest BCUT2D eigenvalue weighted by molar-refractivity contribution is -0.136. The first kappa shape index (κ1) is 17.0. The molecule has 2 amide bonds. The van der Waals surface area contributed by atoms with Crippen molar-refractivity contribution in [3.8, 4) is 0 Å². The number of carbonyl (C=O) groups excluding carboxylic acids is 2. The standard InChI is InChI=1S/C20H21N3O2S/c1-12(2)18(23-11-5-8-16(23)24)19(25)22-20-21-17-14-7-4-3-6-13(14)9-10-15(17)26-20/h3-4,6-7,9-10,12,18H,5,8,11H2,1-2H3,(H,21,22,25). The van der Waals surface area contributed by atoms with Crippen LogP contribution in [-0.4, -0.2) is 34.3 Å². The van der Waals surface area contributed by atoms with Crippen LogP contribution in [0, 0.1) is 5.92 Å². The number of benzene rings is 2. The van der Waals surface area contributed by atoms with Gasteiger partial charge < -0.3 is 10.2 Å². The van der Waals surface area contributed by atoms with Gasteiger partial charge in [-0.3, -0.25) is 9.59 Å². The van der Waals surface area contributed by atoms with Crippen LogP contribution in [0.3, 0.4) is 0 Å². The van der Waals surface area contributed by atoms with Crippen molar-refractivity contribution in [1.82, 2.24) is 9.88 Å². The number of fused-ring (bicyclic) bond motifs is 3. The number of rotatable bonds is 4. The number of thiazole rings is 1. The average Bonchev–Trinajstić information content (AvgIpc) is 3.21. The van der Waals surface area contributed by atoms with E-state index in [1.807, 2.05) is 38.1 Å². The van der Waals surface area contributed by atoms with E-state index in [2.05, 4.69) is 22.4 Å². The van der Waals surface area contributed by atoms with E-state index in [0.717, 1.165) is 27.4 Å². The first-order chi connectivity index (χ1) is 12.5. The summed E-state index contributed by atoms with van der Waals surface area (Å²) in [5.41, 5.74) is 0.904. The second kappa shape index (κ2) is 6.68. The summed E-state index contributed by atoms with van der Waals surface area (Å²) in [5, 5.41) is 5.74. The van der Waals surface area contributed by atoms with Crippen molar-refractivity contribution >= 4 is 49.3 Å². The first-order valence-corrected chi connectivity index (χ1v) is 9.75. The molecule has 1 fully saturated rings. The van der Waals surface area contributed by atoms with Gasteiger partial charge >= 0.3 is 0 Å². The normalized spacial score (nSPS) is 16.0. The monoisotopic (exact) mass is 367 g/mol. The Morgan fingerprint density at radius 2 is 2.04 bits per heavy atom. The van der Waals surface area contributed by atoms with Crippen molar-refractivity contribution < 1.29 is 9.59 Å². The van der Waals surface area contributed by atoms with Crippen LogP contribution >= 0.6 is 11.3 Å². The molecule has 0 saturated carbocycles. The molecule has 134 valence electrons. The predicted molar refractivity (Wildman–Crippen MR) is 105 cm³/mol. The molecule has 1 aliphatic rings. The van der Waals surface area contributed by atoms with E-state index >= 15 is 0 Å². The molecule has 0 aliphatic carbocycles. The average molecular weight is 367 g/mol. The SMILES string of the molecule is CC(C)C(C(=O)Nc1nc2c(ccc3ccccc32)s1)N1CCCC1=O. The van der Waals surface area contributed by atoms with Crippen molar-refractivity contribution in [2.24, 2.45) is 5.92 Å². The molecule has 0 radical (unpaired) electrons. The summed E-state index contributed by atoms with van der Waals surface area (Å²) in [6.45, 7) is 4.60. The van der Waals surface area contributed by atoms with Crippen LogP contribution in [0.25, 0.3) is 21.0 Å². The van der Waals surface area contributed by atoms with Crippen LogP contribution in [0.15, 0.2) is 36.4 Å². The second-order valence-electron chi connectivity index (χ2n) is 7.02. The molecule has 1 aliphatic heterocycles. The highest BCUT2D eigenvalue weighted by Crippen LogP contribution is 2.32. The topological polar surface area (TPSA) is 62.3 Å². The Morgan fingerprint density at radius 1 is 1.23 bits per heavy atom. The molecular formula is C20H21N3O2S. The van der Waals surface area contributed by atoms with Gasteiger partial charge in [0.1, 0.15) is 6.04 Å². The van der Waals surface area contributed by atoms with Crippen molar-refractivity contribution in [3.05, 3.63) is 36.4 Å². The Bertz CT molecular complexity index is 995. The molecule has 2 heterocycles. The number of nitrogens with zero attached hydrogens (tertiary/aromatic N) is 2. The highest BCUT2D eigenvalue weighted by atomic mass is 32.1. The fraction of sp³-hybridized carbons (Fsp3) is 0.350. The fourth-order valence-electron chi connectivity index (χ4n) is 3.66. The summed E-state index contributed by atoms with van der Waals surface area (Å²) >= 11 is 1.47. The van der Waals surface area contributed by atoms with Gasteiger partial charge in [-0.05, 0) is 23.8 Å². The number of nitrogens with one attached hydrogen (secondary N) is 1. The van der Waals surface area contributed by atoms with Crippen LogP contribution in [0.5, 0.6) is 0 Å². The quantitative estimate of drug-likeness (QED) is 0.757. The van der Waals surface area contributed by atoms with Gasteiger partial charge in [-0.15, -0.1) is 0 Å². The number of hydrogen-bond donors (Lipinski definition) is 1. The molecule has 5 nitrogen and oxygen atoms in total. The van der Waals surface area contributed by atoms with Gasteiger partial charge in [0.15, 0.2) is 5.13 Å². The second-order valence-corrected chi connectivity index (χ2v) is 8.05. The number of likely N-dealkylation sites (tertiary alicyclic amines) is 1. The fourth-order valence-corrected chi connectivity index (χ4v) is 4.55. The summed E-state index contributed by atoms with van der Waals surface area (Å²) in [7, 11) is 0. The van der Waals surface area contributed by atoms with Crippen LogP contribution < -0.4 is 5.32 Å². The maximum atomic E-state index is 12.9. The van der Waals surface area contributed by atoms with Gasteiger partial charge in [0.2, 0.25) is 11.8 Å². The summed E-state index contributed by atoms with van der Waals surface area (Å²) in [6.07, 6.45) is 1.35. The minimum absolute atomic E-state index is 0.0484.